The molecule has 1 aromatic heterocycles. The van der Waals surface area contributed by atoms with Crippen LogP contribution in [0.5, 0.6) is 0 Å². The Kier molecular flexibility index (Phi) is 3.91. The standard InChI is InChI=1S/C20H24N4O2/c1-13-20(2,3)26-19(25)23(13)16-5-7-17(8-6-16)24-18-9-4-14(11-21)10-15(18)12-22-24/h4,9-10,12-13,16-17H,5-8H2,1-3H3. The first-order chi connectivity index (χ1) is 12.4. The Bertz CT molecular complexity index is 887. The van der Waals surface area contributed by atoms with Crippen LogP contribution in [-0.4, -0.2) is 38.5 Å². The zero-order valence-corrected chi connectivity index (χ0v) is 15.5. The number of carbonyl (C=O) groups is 1. The Morgan fingerprint density at radius 2 is 1.92 bits per heavy atom. The molecule has 1 unspecified atom stereocenters. The van der Waals surface area contributed by atoms with Gasteiger partial charge in [0.15, 0.2) is 0 Å². The van der Waals surface area contributed by atoms with Gasteiger partial charge < -0.3 is 4.74 Å². The van der Waals surface area contributed by atoms with Crippen LogP contribution in [0.3, 0.4) is 0 Å². The van der Waals surface area contributed by atoms with Crippen LogP contribution in [0.2, 0.25) is 0 Å². The van der Waals surface area contributed by atoms with Gasteiger partial charge in [0.25, 0.3) is 0 Å². The van der Waals surface area contributed by atoms with Crippen molar-refractivity contribution < 1.29 is 9.53 Å². The molecule has 1 atom stereocenters. The van der Waals surface area contributed by atoms with E-state index in [0.29, 0.717) is 11.6 Å². The van der Waals surface area contributed by atoms with E-state index in [-0.39, 0.29) is 18.2 Å². The van der Waals surface area contributed by atoms with E-state index in [2.05, 4.69) is 22.8 Å². The van der Waals surface area contributed by atoms with Crippen molar-refractivity contribution in [3.05, 3.63) is 30.0 Å². The first kappa shape index (κ1) is 16.9. The first-order valence-corrected chi connectivity index (χ1v) is 9.29. The fraction of sp³-hybridized carbons (Fsp3) is 0.550. The van der Waals surface area contributed by atoms with Gasteiger partial charge in [0.2, 0.25) is 0 Å². The molecule has 1 saturated carbocycles. The minimum absolute atomic E-state index is 0.0893. The molecule has 1 saturated heterocycles. The van der Waals surface area contributed by atoms with Gasteiger partial charge in [0.05, 0.1) is 35.4 Å². The van der Waals surface area contributed by atoms with Gasteiger partial charge in [0, 0.05) is 11.4 Å². The van der Waals surface area contributed by atoms with E-state index in [1.54, 1.807) is 0 Å². The van der Waals surface area contributed by atoms with Crippen molar-refractivity contribution in [1.82, 2.24) is 14.7 Å². The number of benzene rings is 1. The third-order valence-corrected chi connectivity index (χ3v) is 6.11. The number of nitriles is 1. The molecule has 2 aliphatic rings. The molecular formula is C20H24N4O2. The summed E-state index contributed by atoms with van der Waals surface area (Å²) < 4.78 is 7.63. The minimum Gasteiger partial charge on any atom is -0.441 e. The molecule has 136 valence electrons. The van der Waals surface area contributed by atoms with Crippen LogP contribution in [0.25, 0.3) is 10.9 Å². The maximum absolute atomic E-state index is 12.3. The summed E-state index contributed by atoms with van der Waals surface area (Å²) in [5.41, 5.74) is 1.30. The lowest BCUT2D eigenvalue weighted by atomic mass is 9.88. The topological polar surface area (TPSA) is 71.2 Å². The highest BCUT2D eigenvalue weighted by Crippen LogP contribution is 2.38. The van der Waals surface area contributed by atoms with E-state index in [0.717, 1.165) is 36.6 Å². The van der Waals surface area contributed by atoms with Crippen LogP contribution in [0.4, 0.5) is 4.79 Å². The van der Waals surface area contributed by atoms with Gasteiger partial charge in [-0.25, -0.2) is 4.79 Å². The first-order valence-electron chi connectivity index (χ1n) is 9.29. The van der Waals surface area contributed by atoms with Gasteiger partial charge in [-0.15, -0.1) is 0 Å². The molecule has 2 heterocycles. The average Bonchev–Trinajstić information content (AvgIpc) is 3.13. The number of rotatable bonds is 2. The molecule has 0 bridgehead atoms. The molecule has 26 heavy (non-hydrogen) atoms. The zero-order chi connectivity index (χ0) is 18.5. The highest BCUT2D eigenvalue weighted by molar-refractivity contribution is 5.80. The van der Waals surface area contributed by atoms with Crippen LogP contribution in [0, 0.1) is 11.3 Å². The van der Waals surface area contributed by atoms with Gasteiger partial charge >= 0.3 is 6.09 Å². The fourth-order valence-electron chi connectivity index (χ4n) is 4.32. The van der Waals surface area contributed by atoms with Crippen molar-refractivity contribution in [2.75, 3.05) is 0 Å². The molecule has 1 aromatic carbocycles. The van der Waals surface area contributed by atoms with Gasteiger partial charge in [-0.2, -0.15) is 10.4 Å². The fourth-order valence-corrected chi connectivity index (χ4v) is 4.32. The Morgan fingerprint density at radius 1 is 1.23 bits per heavy atom. The second-order valence-corrected chi connectivity index (χ2v) is 7.99. The summed E-state index contributed by atoms with van der Waals surface area (Å²) >= 11 is 0. The zero-order valence-electron chi connectivity index (χ0n) is 15.5. The van der Waals surface area contributed by atoms with E-state index in [4.69, 9.17) is 10.00 Å². The van der Waals surface area contributed by atoms with Crippen LogP contribution in [-0.2, 0) is 4.74 Å². The highest BCUT2D eigenvalue weighted by Gasteiger charge is 2.48. The Labute approximate surface area is 153 Å². The number of carbonyl (C=O) groups excluding carboxylic acids is 1. The quantitative estimate of drug-likeness (QED) is 0.819. The predicted molar refractivity (Wildman–Crippen MR) is 97.6 cm³/mol. The smallest absolute Gasteiger partial charge is 0.411 e. The number of hydrogen-bond acceptors (Lipinski definition) is 4. The summed E-state index contributed by atoms with van der Waals surface area (Å²) in [6.45, 7) is 6.03. The number of amides is 1. The van der Waals surface area contributed by atoms with Crippen molar-refractivity contribution in [2.45, 2.75) is 70.2 Å². The number of nitrogens with zero attached hydrogens (tertiary/aromatic N) is 4. The monoisotopic (exact) mass is 352 g/mol. The average molecular weight is 352 g/mol. The van der Waals surface area contributed by atoms with Gasteiger partial charge in [-0.1, -0.05) is 0 Å². The third-order valence-electron chi connectivity index (χ3n) is 6.11. The lowest BCUT2D eigenvalue weighted by Crippen LogP contribution is -2.46. The number of cyclic esters (lactones) is 1. The van der Waals surface area contributed by atoms with Gasteiger partial charge in [0.1, 0.15) is 5.60 Å². The molecule has 1 aliphatic heterocycles. The van der Waals surface area contributed by atoms with E-state index in [1.165, 1.54) is 0 Å². The van der Waals surface area contributed by atoms with Crippen molar-refractivity contribution >= 4 is 17.0 Å². The second-order valence-electron chi connectivity index (χ2n) is 7.99. The Hall–Kier alpha value is -2.55. The molecular weight excluding hydrogens is 328 g/mol. The number of ether oxygens (including phenoxy) is 1. The number of hydrogen-bond donors (Lipinski definition) is 0. The normalized spacial score (nSPS) is 28.2. The molecule has 6 nitrogen and oxygen atoms in total. The summed E-state index contributed by atoms with van der Waals surface area (Å²) in [5, 5.41) is 14.6. The minimum atomic E-state index is -0.426. The van der Waals surface area contributed by atoms with Crippen LogP contribution in [0.1, 0.15) is 58.1 Å². The highest BCUT2D eigenvalue weighted by atomic mass is 16.6. The molecule has 1 aliphatic carbocycles. The van der Waals surface area contributed by atoms with E-state index in [9.17, 15) is 4.79 Å². The maximum Gasteiger partial charge on any atom is 0.411 e. The lowest BCUT2D eigenvalue weighted by molar-refractivity contribution is 0.0710. The molecule has 0 radical (unpaired) electrons. The number of aromatic nitrogens is 2. The molecule has 2 fully saturated rings. The largest absolute Gasteiger partial charge is 0.441 e. The predicted octanol–water partition coefficient (Wildman–Crippen LogP) is 4.01. The summed E-state index contributed by atoms with van der Waals surface area (Å²) in [6.07, 6.45) is 5.54. The maximum atomic E-state index is 12.3. The van der Waals surface area contributed by atoms with E-state index >= 15 is 0 Å². The Balaban J connectivity index is 1.49. The number of fused-ring (bicyclic) bond motifs is 1. The molecule has 6 heteroatoms. The summed E-state index contributed by atoms with van der Waals surface area (Å²) in [5.74, 6) is 0. The van der Waals surface area contributed by atoms with Crippen molar-refractivity contribution in [3.8, 4) is 6.07 Å². The van der Waals surface area contributed by atoms with Crippen molar-refractivity contribution in [1.29, 1.82) is 5.26 Å². The summed E-state index contributed by atoms with van der Waals surface area (Å²) in [6, 6.07) is 8.54. The van der Waals surface area contributed by atoms with Gasteiger partial charge in [-0.05, 0) is 64.7 Å². The molecule has 2 aromatic rings. The van der Waals surface area contributed by atoms with Crippen LogP contribution < -0.4 is 0 Å². The SMILES string of the molecule is CC1N(C2CCC(n3ncc4cc(C#N)ccc43)CC2)C(=O)OC1(C)C. The summed E-state index contributed by atoms with van der Waals surface area (Å²) in [7, 11) is 0. The lowest BCUT2D eigenvalue weighted by Gasteiger charge is -2.36. The van der Waals surface area contributed by atoms with E-state index in [1.807, 2.05) is 43.1 Å². The second kappa shape index (κ2) is 6.01. The molecule has 0 N–H and O–H groups in total. The van der Waals surface area contributed by atoms with Crippen molar-refractivity contribution in [3.63, 3.8) is 0 Å². The molecule has 0 spiro atoms. The van der Waals surface area contributed by atoms with Crippen molar-refractivity contribution in [2.24, 2.45) is 0 Å². The Morgan fingerprint density at radius 3 is 2.54 bits per heavy atom. The van der Waals surface area contributed by atoms with Gasteiger partial charge in [-0.3, -0.25) is 9.58 Å². The van der Waals surface area contributed by atoms with Crippen LogP contribution >= 0.6 is 0 Å². The summed E-state index contributed by atoms with van der Waals surface area (Å²) in [4.78, 5) is 14.2. The molecule has 4 rings (SSSR count). The molecule has 1 amide bonds. The van der Waals surface area contributed by atoms with Crippen LogP contribution in [0.15, 0.2) is 24.4 Å². The van der Waals surface area contributed by atoms with E-state index < -0.39 is 5.60 Å². The third kappa shape index (κ3) is 2.63.